The molecule has 5 nitrogen and oxygen atoms in total. The molecular formula is C18H21N3O2. The fourth-order valence-corrected chi connectivity index (χ4v) is 3.66. The molecule has 0 radical (unpaired) electrons. The maximum atomic E-state index is 5.50. The number of fused-ring (bicyclic) bond motifs is 1. The lowest BCUT2D eigenvalue weighted by Crippen LogP contribution is -2.43. The predicted molar refractivity (Wildman–Crippen MR) is 87.9 cm³/mol. The van der Waals surface area contributed by atoms with Gasteiger partial charge in [0.05, 0.1) is 0 Å². The smallest absolute Gasteiger partial charge is 0.231 e. The van der Waals surface area contributed by atoms with Gasteiger partial charge in [-0.1, -0.05) is 13.0 Å². The monoisotopic (exact) mass is 311 g/mol. The maximum Gasteiger partial charge on any atom is 0.231 e. The minimum absolute atomic E-state index is 0.226. The molecule has 0 aliphatic carbocycles. The van der Waals surface area contributed by atoms with Gasteiger partial charge in [-0.2, -0.15) is 5.10 Å². The van der Waals surface area contributed by atoms with E-state index in [4.69, 9.17) is 9.47 Å². The number of piperidine rings is 1. The summed E-state index contributed by atoms with van der Waals surface area (Å²) in [5, 5.41) is 8.27. The van der Waals surface area contributed by atoms with Gasteiger partial charge in [-0.05, 0) is 54.5 Å². The average molecular weight is 311 g/mol. The van der Waals surface area contributed by atoms with Crippen molar-refractivity contribution in [3.63, 3.8) is 0 Å². The highest BCUT2D eigenvalue weighted by Gasteiger charge is 2.32. The molecule has 1 atom stereocenters. The summed E-state index contributed by atoms with van der Waals surface area (Å²) in [5.41, 5.74) is 1.53. The standard InChI is InChI=1S/C18H21N3O2/c1-18(11-14-5-6-15-16(10-14)23-13-22-15)7-3-9-21(12-18)17-4-2-8-19-20-17/h2,4-6,8,10H,3,7,9,11-13H2,1H3. The molecule has 2 aliphatic rings. The number of ether oxygens (including phenoxy) is 2. The summed E-state index contributed by atoms with van der Waals surface area (Å²) in [6.45, 7) is 4.74. The van der Waals surface area contributed by atoms with Crippen LogP contribution in [0.4, 0.5) is 5.82 Å². The van der Waals surface area contributed by atoms with Crippen molar-refractivity contribution in [1.29, 1.82) is 0 Å². The van der Waals surface area contributed by atoms with Gasteiger partial charge in [-0.3, -0.25) is 0 Å². The zero-order valence-corrected chi connectivity index (χ0v) is 13.4. The Morgan fingerprint density at radius 2 is 2.13 bits per heavy atom. The van der Waals surface area contributed by atoms with E-state index in [1.54, 1.807) is 6.20 Å². The van der Waals surface area contributed by atoms with Gasteiger partial charge in [0.2, 0.25) is 6.79 Å². The third-order valence-electron chi connectivity index (χ3n) is 4.73. The van der Waals surface area contributed by atoms with Gasteiger partial charge in [0.1, 0.15) is 0 Å². The number of nitrogens with zero attached hydrogens (tertiary/aromatic N) is 3. The Kier molecular flexibility index (Phi) is 3.56. The van der Waals surface area contributed by atoms with Crippen LogP contribution in [0.15, 0.2) is 36.5 Å². The molecule has 1 aromatic heterocycles. The summed E-state index contributed by atoms with van der Waals surface area (Å²) >= 11 is 0. The van der Waals surface area contributed by atoms with E-state index in [9.17, 15) is 0 Å². The van der Waals surface area contributed by atoms with Crippen LogP contribution in [0.3, 0.4) is 0 Å². The number of hydrogen-bond acceptors (Lipinski definition) is 5. The Bertz CT molecular complexity index is 692. The molecule has 0 N–H and O–H groups in total. The molecule has 2 aliphatic heterocycles. The topological polar surface area (TPSA) is 47.5 Å². The molecule has 0 amide bonds. The van der Waals surface area contributed by atoms with Crippen molar-refractivity contribution in [1.82, 2.24) is 10.2 Å². The second-order valence-electron chi connectivity index (χ2n) is 6.78. The van der Waals surface area contributed by atoms with Gasteiger partial charge in [0.25, 0.3) is 0 Å². The lowest BCUT2D eigenvalue weighted by Gasteiger charge is -2.41. The summed E-state index contributed by atoms with van der Waals surface area (Å²) < 4.78 is 10.9. The van der Waals surface area contributed by atoms with E-state index in [1.807, 2.05) is 18.2 Å². The minimum Gasteiger partial charge on any atom is -0.454 e. The van der Waals surface area contributed by atoms with Gasteiger partial charge in [-0.15, -0.1) is 5.10 Å². The maximum absolute atomic E-state index is 5.50. The number of rotatable bonds is 3. The first-order valence-electron chi connectivity index (χ1n) is 8.13. The van der Waals surface area contributed by atoms with Gasteiger partial charge < -0.3 is 14.4 Å². The Morgan fingerprint density at radius 1 is 1.22 bits per heavy atom. The second kappa shape index (κ2) is 5.72. The largest absolute Gasteiger partial charge is 0.454 e. The normalized spacial score (nSPS) is 23.1. The van der Waals surface area contributed by atoms with Gasteiger partial charge in [-0.25, -0.2) is 0 Å². The predicted octanol–water partition coefficient (Wildman–Crippen LogP) is 3.05. The molecule has 3 heterocycles. The zero-order valence-electron chi connectivity index (χ0n) is 13.4. The Morgan fingerprint density at radius 3 is 3.00 bits per heavy atom. The molecule has 0 bridgehead atoms. The van der Waals surface area contributed by atoms with Crippen molar-refractivity contribution in [2.24, 2.45) is 5.41 Å². The number of hydrogen-bond donors (Lipinski definition) is 0. The van der Waals surface area contributed by atoms with Crippen LogP contribution in [0.25, 0.3) is 0 Å². The van der Waals surface area contributed by atoms with Crippen LogP contribution in [0.5, 0.6) is 11.5 Å². The Hall–Kier alpha value is -2.30. The number of aromatic nitrogens is 2. The van der Waals surface area contributed by atoms with Crippen molar-refractivity contribution in [2.45, 2.75) is 26.2 Å². The van der Waals surface area contributed by atoms with Crippen LogP contribution in [0, 0.1) is 5.41 Å². The lowest BCUT2D eigenvalue weighted by atomic mass is 9.77. The van der Waals surface area contributed by atoms with E-state index in [-0.39, 0.29) is 5.41 Å². The molecule has 4 rings (SSSR count). The Balaban J connectivity index is 1.51. The van der Waals surface area contributed by atoms with E-state index in [0.29, 0.717) is 6.79 Å². The quantitative estimate of drug-likeness (QED) is 0.872. The molecule has 23 heavy (non-hydrogen) atoms. The van der Waals surface area contributed by atoms with Crippen LogP contribution in [-0.2, 0) is 6.42 Å². The molecular weight excluding hydrogens is 290 g/mol. The van der Waals surface area contributed by atoms with Crippen LogP contribution in [0.2, 0.25) is 0 Å². The summed E-state index contributed by atoms with van der Waals surface area (Å²) in [6, 6.07) is 10.3. The number of benzene rings is 1. The highest BCUT2D eigenvalue weighted by atomic mass is 16.7. The van der Waals surface area contributed by atoms with E-state index in [1.165, 1.54) is 18.4 Å². The van der Waals surface area contributed by atoms with Crippen molar-refractivity contribution in [3.8, 4) is 11.5 Å². The summed E-state index contributed by atoms with van der Waals surface area (Å²) in [5.74, 6) is 2.69. The first kappa shape index (κ1) is 14.3. The van der Waals surface area contributed by atoms with Gasteiger partial charge >= 0.3 is 0 Å². The van der Waals surface area contributed by atoms with Gasteiger partial charge in [0.15, 0.2) is 17.3 Å². The SMILES string of the molecule is CC1(Cc2ccc3c(c2)OCO3)CCCN(c2cccnn2)C1. The summed E-state index contributed by atoms with van der Waals surface area (Å²) in [6.07, 6.45) is 5.15. The number of anilines is 1. The third kappa shape index (κ3) is 2.96. The van der Waals surface area contributed by atoms with Crippen molar-refractivity contribution in [3.05, 3.63) is 42.1 Å². The van der Waals surface area contributed by atoms with Crippen LogP contribution in [0.1, 0.15) is 25.3 Å². The van der Waals surface area contributed by atoms with Crippen molar-refractivity contribution in [2.75, 3.05) is 24.8 Å². The van der Waals surface area contributed by atoms with Crippen LogP contribution in [-0.4, -0.2) is 30.1 Å². The average Bonchev–Trinajstić information content (AvgIpc) is 3.03. The van der Waals surface area contributed by atoms with Crippen LogP contribution < -0.4 is 14.4 Å². The molecule has 5 heteroatoms. The van der Waals surface area contributed by atoms with E-state index in [0.717, 1.165) is 36.8 Å². The molecule has 1 fully saturated rings. The summed E-state index contributed by atoms with van der Waals surface area (Å²) in [7, 11) is 0. The highest BCUT2D eigenvalue weighted by Crippen LogP contribution is 2.38. The zero-order chi connectivity index (χ0) is 15.7. The lowest BCUT2D eigenvalue weighted by molar-refractivity contribution is 0.174. The van der Waals surface area contributed by atoms with Crippen molar-refractivity contribution >= 4 is 5.82 Å². The van der Waals surface area contributed by atoms with E-state index < -0.39 is 0 Å². The molecule has 2 aromatic rings. The van der Waals surface area contributed by atoms with Crippen LogP contribution >= 0.6 is 0 Å². The minimum atomic E-state index is 0.226. The first-order chi connectivity index (χ1) is 11.2. The molecule has 120 valence electrons. The summed E-state index contributed by atoms with van der Waals surface area (Å²) in [4.78, 5) is 2.35. The van der Waals surface area contributed by atoms with E-state index in [2.05, 4.69) is 34.2 Å². The molecule has 0 saturated carbocycles. The first-order valence-corrected chi connectivity index (χ1v) is 8.13. The molecule has 0 spiro atoms. The second-order valence-corrected chi connectivity index (χ2v) is 6.78. The fraction of sp³-hybridized carbons (Fsp3) is 0.444. The fourth-order valence-electron chi connectivity index (χ4n) is 3.66. The molecule has 1 unspecified atom stereocenters. The third-order valence-corrected chi connectivity index (χ3v) is 4.73. The van der Waals surface area contributed by atoms with Crippen molar-refractivity contribution < 1.29 is 9.47 Å². The Labute approximate surface area is 136 Å². The van der Waals surface area contributed by atoms with Gasteiger partial charge in [0, 0.05) is 19.3 Å². The molecule has 1 saturated heterocycles. The van der Waals surface area contributed by atoms with E-state index >= 15 is 0 Å². The molecule has 1 aromatic carbocycles. The highest BCUT2D eigenvalue weighted by molar-refractivity contribution is 5.45.